The molecule has 2 saturated heterocycles. The van der Waals surface area contributed by atoms with Crippen LogP contribution in [0.2, 0.25) is 0 Å². The average Bonchev–Trinajstić information content (AvgIpc) is 2.87. The lowest BCUT2D eigenvalue weighted by molar-refractivity contribution is -0.139. The zero-order chi connectivity index (χ0) is 17.9. The van der Waals surface area contributed by atoms with Gasteiger partial charge in [-0.25, -0.2) is 8.42 Å². The Labute approximate surface area is 142 Å². The van der Waals surface area contributed by atoms with Gasteiger partial charge in [0.05, 0.1) is 11.5 Å². The molecule has 24 heavy (non-hydrogen) atoms. The lowest BCUT2D eigenvalue weighted by Crippen LogP contribution is -2.51. The average molecular weight is 359 g/mol. The first kappa shape index (κ1) is 18.7. The van der Waals surface area contributed by atoms with Gasteiger partial charge in [-0.05, 0) is 6.42 Å². The highest BCUT2D eigenvalue weighted by atomic mass is 32.2. The maximum Gasteiger partial charge on any atom is 0.224 e. The lowest BCUT2D eigenvalue weighted by atomic mass is 10.2. The molecule has 0 aromatic heterocycles. The molecule has 0 radical (unpaired) electrons. The summed E-state index contributed by atoms with van der Waals surface area (Å²) < 4.78 is 23.2. The van der Waals surface area contributed by atoms with E-state index in [2.05, 4.69) is 0 Å². The summed E-state index contributed by atoms with van der Waals surface area (Å²) in [6, 6.07) is -0.324. The summed E-state index contributed by atoms with van der Waals surface area (Å²) in [6.07, 6.45) is 0.615. The largest absolute Gasteiger partial charge is 0.339 e. The van der Waals surface area contributed by atoms with Gasteiger partial charge >= 0.3 is 0 Å². The number of sulfone groups is 1. The minimum atomic E-state index is -3.07. The fourth-order valence-corrected chi connectivity index (χ4v) is 4.99. The topological polar surface area (TPSA) is 95.1 Å². The van der Waals surface area contributed by atoms with Crippen molar-refractivity contribution in [3.8, 4) is 0 Å². The molecule has 136 valence electrons. The van der Waals surface area contributed by atoms with Gasteiger partial charge in [-0.15, -0.1) is 0 Å². The Kier molecular flexibility index (Phi) is 5.84. The first-order valence-corrected chi connectivity index (χ1v) is 10.0. The molecule has 0 aromatic carbocycles. The molecule has 0 N–H and O–H groups in total. The van der Waals surface area contributed by atoms with Gasteiger partial charge in [0.1, 0.15) is 0 Å². The van der Waals surface area contributed by atoms with Crippen molar-refractivity contribution in [3.63, 3.8) is 0 Å². The van der Waals surface area contributed by atoms with Crippen LogP contribution in [-0.4, -0.2) is 91.1 Å². The molecule has 1 unspecified atom stereocenters. The van der Waals surface area contributed by atoms with Crippen molar-refractivity contribution in [2.75, 3.05) is 44.2 Å². The Morgan fingerprint density at radius 1 is 1.04 bits per heavy atom. The van der Waals surface area contributed by atoms with Crippen molar-refractivity contribution in [2.24, 2.45) is 0 Å². The Bertz CT molecular complexity index is 611. The fourth-order valence-electron chi connectivity index (χ4n) is 3.26. The number of amides is 3. The predicted octanol–water partition coefficient (Wildman–Crippen LogP) is -0.897. The zero-order valence-electron chi connectivity index (χ0n) is 14.2. The summed E-state index contributed by atoms with van der Waals surface area (Å²) in [7, 11) is -3.07. The van der Waals surface area contributed by atoms with E-state index in [1.54, 1.807) is 9.80 Å². The van der Waals surface area contributed by atoms with Crippen LogP contribution in [0.1, 0.15) is 26.7 Å². The van der Waals surface area contributed by atoms with Crippen molar-refractivity contribution in [1.82, 2.24) is 14.7 Å². The standard InChI is InChI=1S/C15H25N3O5S/c1-12(19)16-6-8-17(9-7-16)15(21)3-5-18(13(2)20)14-4-10-24(22,23)11-14/h14H,3-11H2,1-2H3. The zero-order valence-corrected chi connectivity index (χ0v) is 15.0. The van der Waals surface area contributed by atoms with Crippen molar-refractivity contribution in [1.29, 1.82) is 0 Å². The number of hydrogen-bond acceptors (Lipinski definition) is 5. The van der Waals surface area contributed by atoms with E-state index in [0.717, 1.165) is 0 Å². The quantitative estimate of drug-likeness (QED) is 0.648. The molecule has 0 aromatic rings. The SMILES string of the molecule is CC(=O)N1CCN(C(=O)CCN(C(C)=O)C2CCS(=O)(=O)C2)CC1. The van der Waals surface area contributed by atoms with E-state index in [0.29, 0.717) is 32.6 Å². The molecule has 1 atom stereocenters. The molecule has 0 spiro atoms. The van der Waals surface area contributed by atoms with Crippen molar-refractivity contribution in [3.05, 3.63) is 0 Å². The molecular formula is C15H25N3O5S. The molecule has 2 heterocycles. The van der Waals surface area contributed by atoms with Gasteiger partial charge in [-0.1, -0.05) is 0 Å². The Hall–Kier alpha value is -1.64. The maximum absolute atomic E-state index is 12.3. The summed E-state index contributed by atoms with van der Waals surface area (Å²) in [5.41, 5.74) is 0. The number of hydrogen-bond donors (Lipinski definition) is 0. The number of rotatable bonds is 4. The highest BCUT2D eigenvalue weighted by molar-refractivity contribution is 7.91. The van der Waals surface area contributed by atoms with Crippen LogP contribution in [-0.2, 0) is 24.2 Å². The summed E-state index contributed by atoms with van der Waals surface area (Å²) in [4.78, 5) is 40.3. The summed E-state index contributed by atoms with van der Waals surface area (Å²) in [6.45, 7) is 5.20. The van der Waals surface area contributed by atoms with E-state index < -0.39 is 9.84 Å². The number of carbonyl (C=O) groups excluding carboxylic acids is 3. The van der Waals surface area contributed by atoms with Gasteiger partial charge < -0.3 is 14.7 Å². The third kappa shape index (κ3) is 4.68. The van der Waals surface area contributed by atoms with E-state index in [-0.39, 0.29) is 48.2 Å². The second-order valence-corrected chi connectivity index (χ2v) is 8.63. The second kappa shape index (κ2) is 7.50. The normalized spacial score (nSPS) is 23.2. The minimum Gasteiger partial charge on any atom is -0.339 e. The van der Waals surface area contributed by atoms with Crippen LogP contribution < -0.4 is 0 Å². The number of piperazine rings is 1. The van der Waals surface area contributed by atoms with Crippen LogP contribution in [0.25, 0.3) is 0 Å². The van der Waals surface area contributed by atoms with E-state index in [4.69, 9.17) is 0 Å². The van der Waals surface area contributed by atoms with Crippen LogP contribution in [0.4, 0.5) is 0 Å². The lowest BCUT2D eigenvalue weighted by Gasteiger charge is -2.35. The number of nitrogens with zero attached hydrogens (tertiary/aromatic N) is 3. The minimum absolute atomic E-state index is 0.00676. The molecule has 3 amide bonds. The first-order valence-electron chi connectivity index (χ1n) is 8.20. The Morgan fingerprint density at radius 3 is 2.08 bits per heavy atom. The second-order valence-electron chi connectivity index (χ2n) is 6.41. The molecule has 9 heteroatoms. The molecule has 2 fully saturated rings. The van der Waals surface area contributed by atoms with Gasteiger partial charge in [-0.2, -0.15) is 0 Å². The fraction of sp³-hybridized carbons (Fsp3) is 0.800. The maximum atomic E-state index is 12.3. The third-order valence-electron chi connectivity index (χ3n) is 4.70. The van der Waals surface area contributed by atoms with E-state index in [1.807, 2.05) is 0 Å². The smallest absolute Gasteiger partial charge is 0.224 e. The van der Waals surface area contributed by atoms with Crippen LogP contribution in [0.5, 0.6) is 0 Å². The Morgan fingerprint density at radius 2 is 1.62 bits per heavy atom. The van der Waals surface area contributed by atoms with Crippen molar-refractivity contribution < 1.29 is 22.8 Å². The molecular weight excluding hydrogens is 334 g/mol. The molecule has 0 saturated carbocycles. The van der Waals surface area contributed by atoms with Crippen molar-refractivity contribution in [2.45, 2.75) is 32.7 Å². The van der Waals surface area contributed by atoms with Crippen LogP contribution in [0.3, 0.4) is 0 Å². The Balaban J connectivity index is 1.85. The highest BCUT2D eigenvalue weighted by Gasteiger charge is 2.34. The van der Waals surface area contributed by atoms with E-state index >= 15 is 0 Å². The summed E-state index contributed by atoms with van der Waals surface area (Å²) in [5, 5.41) is 0. The predicted molar refractivity (Wildman–Crippen MR) is 87.9 cm³/mol. The monoisotopic (exact) mass is 359 g/mol. The summed E-state index contributed by atoms with van der Waals surface area (Å²) in [5.74, 6) is -0.176. The molecule has 0 bridgehead atoms. The van der Waals surface area contributed by atoms with Gasteiger partial charge in [-0.3, -0.25) is 14.4 Å². The van der Waals surface area contributed by atoms with Crippen LogP contribution in [0, 0.1) is 0 Å². The van der Waals surface area contributed by atoms with Gasteiger partial charge in [0.25, 0.3) is 0 Å². The molecule has 2 aliphatic heterocycles. The first-order chi connectivity index (χ1) is 11.2. The van der Waals surface area contributed by atoms with Crippen LogP contribution >= 0.6 is 0 Å². The van der Waals surface area contributed by atoms with Crippen molar-refractivity contribution >= 4 is 27.6 Å². The highest BCUT2D eigenvalue weighted by Crippen LogP contribution is 2.18. The molecule has 2 rings (SSSR count). The third-order valence-corrected chi connectivity index (χ3v) is 6.45. The molecule has 0 aliphatic carbocycles. The summed E-state index contributed by atoms with van der Waals surface area (Å²) >= 11 is 0. The molecule has 2 aliphatic rings. The van der Waals surface area contributed by atoms with Gasteiger partial charge in [0.15, 0.2) is 9.84 Å². The number of carbonyl (C=O) groups is 3. The van der Waals surface area contributed by atoms with Gasteiger partial charge in [0.2, 0.25) is 17.7 Å². The molecule has 8 nitrogen and oxygen atoms in total. The van der Waals surface area contributed by atoms with E-state index in [9.17, 15) is 22.8 Å². The van der Waals surface area contributed by atoms with E-state index in [1.165, 1.54) is 18.7 Å². The van der Waals surface area contributed by atoms with Gasteiger partial charge in [0, 0.05) is 59.0 Å². The van der Waals surface area contributed by atoms with Crippen LogP contribution in [0.15, 0.2) is 0 Å².